The number of fused-ring (bicyclic) bond motifs is 2. The Morgan fingerprint density at radius 1 is 1.26 bits per heavy atom. The van der Waals surface area contributed by atoms with Crippen LogP contribution in [0.2, 0.25) is 0 Å². The summed E-state index contributed by atoms with van der Waals surface area (Å²) in [5.74, 6) is 0.871. The lowest BCUT2D eigenvalue weighted by atomic mass is 9.90. The minimum atomic E-state index is 0.762. The van der Waals surface area contributed by atoms with Crippen LogP contribution in [0.5, 0.6) is 0 Å². The average molecular weight is 323 g/mol. The second-order valence-corrected chi connectivity index (χ2v) is 6.98. The van der Waals surface area contributed by atoms with Gasteiger partial charge in [-0.2, -0.15) is 0 Å². The molecule has 1 N–H and O–H groups in total. The van der Waals surface area contributed by atoms with Crippen LogP contribution in [-0.2, 0) is 0 Å². The van der Waals surface area contributed by atoms with Crippen LogP contribution in [-0.4, -0.2) is 25.7 Å². The van der Waals surface area contributed by atoms with Gasteiger partial charge in [-0.15, -0.1) is 0 Å². The van der Waals surface area contributed by atoms with Gasteiger partial charge in [-0.1, -0.05) is 15.9 Å². The monoisotopic (exact) mass is 322 g/mol. The van der Waals surface area contributed by atoms with Gasteiger partial charge in [-0.25, -0.2) is 0 Å². The number of hydrogen-bond donors (Lipinski definition) is 1. The summed E-state index contributed by atoms with van der Waals surface area (Å²) in [5.41, 5.74) is 2.77. The maximum Gasteiger partial charge on any atom is 0.0374 e. The van der Waals surface area contributed by atoms with Gasteiger partial charge in [-0.05, 0) is 75.9 Å². The number of halogens is 1. The molecule has 2 unspecified atom stereocenters. The normalized spacial score (nSPS) is 29.8. The van der Waals surface area contributed by atoms with Gasteiger partial charge in [0.15, 0.2) is 0 Å². The smallest absolute Gasteiger partial charge is 0.0374 e. The van der Waals surface area contributed by atoms with Crippen molar-refractivity contribution in [1.29, 1.82) is 0 Å². The Morgan fingerprint density at radius 3 is 2.53 bits per heavy atom. The lowest BCUT2D eigenvalue weighted by Gasteiger charge is -2.41. The van der Waals surface area contributed by atoms with Gasteiger partial charge in [0.25, 0.3) is 0 Å². The van der Waals surface area contributed by atoms with Gasteiger partial charge in [0, 0.05) is 22.2 Å². The van der Waals surface area contributed by atoms with Crippen LogP contribution in [0.1, 0.15) is 31.2 Å². The van der Waals surface area contributed by atoms with Gasteiger partial charge in [0.05, 0.1) is 0 Å². The van der Waals surface area contributed by atoms with Crippen LogP contribution in [0.15, 0.2) is 22.7 Å². The van der Waals surface area contributed by atoms with Crippen LogP contribution in [0.4, 0.5) is 5.69 Å². The van der Waals surface area contributed by atoms with Crippen LogP contribution in [0.3, 0.4) is 0 Å². The van der Waals surface area contributed by atoms with E-state index in [0.717, 1.165) is 18.0 Å². The first-order valence-electron chi connectivity index (χ1n) is 7.38. The van der Waals surface area contributed by atoms with Gasteiger partial charge in [0.2, 0.25) is 0 Å². The Labute approximate surface area is 124 Å². The maximum atomic E-state index is 3.60. The van der Waals surface area contributed by atoms with Gasteiger partial charge < -0.3 is 10.2 Å². The zero-order valence-corrected chi connectivity index (χ0v) is 13.4. The van der Waals surface area contributed by atoms with E-state index in [2.05, 4.69) is 58.3 Å². The highest BCUT2D eigenvalue weighted by Gasteiger charge is 2.40. The summed E-state index contributed by atoms with van der Waals surface area (Å²) in [5, 5.41) is 3.35. The van der Waals surface area contributed by atoms with Crippen molar-refractivity contribution in [1.82, 2.24) is 5.32 Å². The van der Waals surface area contributed by atoms with E-state index in [-0.39, 0.29) is 0 Å². The summed E-state index contributed by atoms with van der Waals surface area (Å²) in [7, 11) is 2.08. The van der Waals surface area contributed by atoms with Crippen LogP contribution >= 0.6 is 15.9 Å². The molecule has 2 aliphatic heterocycles. The second kappa shape index (κ2) is 5.45. The van der Waals surface area contributed by atoms with E-state index in [0.29, 0.717) is 0 Å². The lowest BCUT2D eigenvalue weighted by molar-refractivity contribution is 0.333. The van der Waals surface area contributed by atoms with Crippen LogP contribution in [0, 0.1) is 12.8 Å². The zero-order valence-electron chi connectivity index (χ0n) is 11.8. The molecule has 0 aliphatic carbocycles. The van der Waals surface area contributed by atoms with E-state index < -0.39 is 0 Å². The molecule has 2 atom stereocenters. The Kier molecular flexibility index (Phi) is 3.86. The summed E-state index contributed by atoms with van der Waals surface area (Å²) in [6.45, 7) is 3.36. The van der Waals surface area contributed by atoms with Crippen molar-refractivity contribution in [2.45, 2.75) is 44.7 Å². The standard InChI is InChI=1S/C16H23BrN2/c1-11-7-13(5-6-16(11)17)19-14-3-4-15(19)9-12(8-14)10-18-2/h5-7,12,14-15,18H,3-4,8-10H2,1-2H3. The number of hydrogen-bond acceptors (Lipinski definition) is 2. The molecule has 0 spiro atoms. The van der Waals surface area contributed by atoms with Crippen molar-refractivity contribution in [3.8, 4) is 0 Å². The molecular formula is C16H23BrN2. The van der Waals surface area contributed by atoms with Crippen LogP contribution < -0.4 is 10.2 Å². The van der Waals surface area contributed by atoms with Crippen molar-refractivity contribution in [2.75, 3.05) is 18.5 Å². The molecule has 2 aliphatic rings. The lowest BCUT2D eigenvalue weighted by Crippen LogP contribution is -2.44. The highest BCUT2D eigenvalue weighted by atomic mass is 79.9. The minimum absolute atomic E-state index is 0.762. The van der Waals surface area contributed by atoms with Gasteiger partial charge in [0.1, 0.15) is 0 Å². The van der Waals surface area contributed by atoms with Crippen molar-refractivity contribution >= 4 is 21.6 Å². The Hall–Kier alpha value is -0.540. The molecule has 104 valence electrons. The van der Waals surface area contributed by atoms with Crippen molar-refractivity contribution in [3.63, 3.8) is 0 Å². The fourth-order valence-corrected chi connectivity index (χ4v) is 4.20. The number of nitrogens with one attached hydrogen (secondary N) is 1. The maximum absolute atomic E-state index is 3.60. The van der Waals surface area contributed by atoms with Crippen LogP contribution in [0.25, 0.3) is 0 Å². The Balaban J connectivity index is 1.81. The summed E-state index contributed by atoms with van der Waals surface area (Å²) < 4.78 is 1.22. The third-order valence-corrected chi connectivity index (χ3v) is 5.65. The largest absolute Gasteiger partial charge is 0.366 e. The molecule has 0 amide bonds. The van der Waals surface area contributed by atoms with Gasteiger partial charge in [-0.3, -0.25) is 0 Å². The molecule has 2 fully saturated rings. The first-order chi connectivity index (χ1) is 9.19. The highest BCUT2D eigenvalue weighted by molar-refractivity contribution is 9.10. The third-order valence-electron chi connectivity index (χ3n) is 4.76. The SMILES string of the molecule is CNCC1CC2CCC(C1)N2c1ccc(Br)c(C)c1. The molecule has 0 radical (unpaired) electrons. The fourth-order valence-electron chi connectivity index (χ4n) is 3.96. The van der Waals surface area contributed by atoms with Gasteiger partial charge >= 0.3 is 0 Å². The number of benzene rings is 1. The first kappa shape index (κ1) is 13.4. The Morgan fingerprint density at radius 2 is 1.95 bits per heavy atom. The minimum Gasteiger partial charge on any atom is -0.366 e. The zero-order chi connectivity index (χ0) is 13.4. The molecule has 2 nitrogen and oxygen atoms in total. The second-order valence-electron chi connectivity index (χ2n) is 6.12. The summed E-state index contributed by atoms with van der Waals surface area (Å²) >= 11 is 3.60. The molecule has 0 aromatic heterocycles. The predicted octanol–water partition coefficient (Wildman–Crippen LogP) is 3.72. The number of rotatable bonds is 3. The number of piperidine rings is 1. The average Bonchev–Trinajstić information content (AvgIpc) is 2.65. The molecule has 1 aromatic carbocycles. The molecule has 2 saturated heterocycles. The Bertz CT molecular complexity index is 446. The molecule has 19 heavy (non-hydrogen) atoms. The fraction of sp³-hybridized carbons (Fsp3) is 0.625. The van der Waals surface area contributed by atoms with E-state index in [9.17, 15) is 0 Å². The van der Waals surface area contributed by atoms with E-state index in [1.165, 1.54) is 48.0 Å². The molecule has 0 saturated carbocycles. The summed E-state index contributed by atoms with van der Waals surface area (Å²) in [6.07, 6.45) is 5.46. The molecule has 3 heteroatoms. The quantitative estimate of drug-likeness (QED) is 0.912. The van der Waals surface area contributed by atoms with E-state index in [4.69, 9.17) is 0 Å². The number of aryl methyl sites for hydroxylation is 1. The topological polar surface area (TPSA) is 15.3 Å². The molecule has 2 heterocycles. The third kappa shape index (κ3) is 2.55. The van der Waals surface area contributed by atoms with Crippen molar-refractivity contribution in [3.05, 3.63) is 28.2 Å². The summed E-state index contributed by atoms with van der Waals surface area (Å²) in [6, 6.07) is 8.34. The number of anilines is 1. The van der Waals surface area contributed by atoms with Crippen molar-refractivity contribution in [2.24, 2.45) is 5.92 Å². The van der Waals surface area contributed by atoms with E-state index in [1.807, 2.05) is 0 Å². The van der Waals surface area contributed by atoms with Crippen molar-refractivity contribution < 1.29 is 0 Å². The highest BCUT2D eigenvalue weighted by Crippen LogP contribution is 2.42. The predicted molar refractivity (Wildman–Crippen MR) is 84.8 cm³/mol. The molecule has 1 aromatic rings. The molecule has 2 bridgehead atoms. The van der Waals surface area contributed by atoms with E-state index in [1.54, 1.807) is 0 Å². The summed E-state index contributed by atoms with van der Waals surface area (Å²) in [4.78, 5) is 2.70. The molecule has 3 rings (SSSR count). The first-order valence-corrected chi connectivity index (χ1v) is 8.17. The molecular weight excluding hydrogens is 300 g/mol. The van der Waals surface area contributed by atoms with E-state index >= 15 is 0 Å². The number of nitrogens with zero attached hydrogens (tertiary/aromatic N) is 1.